The zero-order valence-corrected chi connectivity index (χ0v) is 32.8. The Bertz CT molecular complexity index is 986. The molecule has 1 amide bonds. The smallest absolute Gasteiger partial charge is 0.387 e. The van der Waals surface area contributed by atoms with E-state index in [-0.39, 0.29) is 19.1 Å². The summed E-state index contributed by atoms with van der Waals surface area (Å²) in [5, 5.41) is 13.7. The molecule has 0 aliphatic carbocycles. The van der Waals surface area contributed by atoms with E-state index in [1.54, 1.807) is 6.08 Å². The van der Waals surface area contributed by atoms with E-state index in [0.29, 0.717) is 17.4 Å². The van der Waals surface area contributed by atoms with Crippen LogP contribution in [0.5, 0.6) is 0 Å². The summed E-state index contributed by atoms with van der Waals surface area (Å²) in [6.45, 7) is 4.66. The van der Waals surface area contributed by atoms with Crippen LogP contribution in [0.2, 0.25) is 0 Å². The van der Waals surface area contributed by atoms with Gasteiger partial charge in [0, 0.05) is 6.42 Å². The fourth-order valence-corrected chi connectivity index (χ4v) is 5.55. The lowest BCUT2D eigenvalue weighted by Gasteiger charge is -2.25. The largest absolute Gasteiger partial charge is 0.472 e. The molecular formula is C40H74N2O6P+. The van der Waals surface area contributed by atoms with Crippen molar-refractivity contribution < 1.29 is 32.9 Å². The number of aliphatic hydroxyl groups excluding tert-OH is 1. The third kappa shape index (κ3) is 34.4. The third-order valence-electron chi connectivity index (χ3n) is 7.97. The normalized spacial score (nSPS) is 15.3. The maximum Gasteiger partial charge on any atom is 0.472 e. The lowest BCUT2D eigenvalue weighted by Crippen LogP contribution is -2.45. The molecule has 0 radical (unpaired) electrons. The van der Waals surface area contributed by atoms with Crippen molar-refractivity contribution in [3.8, 4) is 0 Å². The first kappa shape index (κ1) is 47.2. The Labute approximate surface area is 301 Å². The Morgan fingerprint density at radius 1 is 0.694 bits per heavy atom. The molecule has 8 nitrogen and oxygen atoms in total. The van der Waals surface area contributed by atoms with Gasteiger partial charge in [-0.1, -0.05) is 126 Å². The van der Waals surface area contributed by atoms with Gasteiger partial charge < -0.3 is 19.8 Å². The lowest BCUT2D eigenvalue weighted by molar-refractivity contribution is -0.870. The topological polar surface area (TPSA) is 105 Å². The molecule has 284 valence electrons. The Kier molecular flexibility index (Phi) is 31.0. The Morgan fingerprint density at radius 2 is 1.20 bits per heavy atom. The van der Waals surface area contributed by atoms with Crippen molar-refractivity contribution in [2.45, 2.75) is 148 Å². The van der Waals surface area contributed by atoms with Gasteiger partial charge in [0.2, 0.25) is 5.91 Å². The van der Waals surface area contributed by atoms with Crippen LogP contribution in [0, 0.1) is 0 Å². The number of nitrogens with zero attached hydrogens (tertiary/aromatic N) is 1. The standard InChI is InChI=1S/C40H73N2O6P/c1-6-8-10-12-14-16-18-20-21-22-24-26-28-30-32-34-40(44)41-38(37-48-49(45,46)47-36-35-42(3,4)5)39(43)33-31-29-27-25-23-19-17-15-13-11-9-7-2/h13-16,18,20,23,25,31,33,38-39,43H,6-12,17,19,21-22,24,26-30,32,34-37H2,1-5H3,(H-,41,44,45,46)/p+1/b15-13+,16-14-,20-18-,25-23+,33-31+. The van der Waals surface area contributed by atoms with Crippen LogP contribution in [-0.2, 0) is 18.4 Å². The molecule has 9 heteroatoms. The van der Waals surface area contributed by atoms with Crippen molar-refractivity contribution in [3.63, 3.8) is 0 Å². The Morgan fingerprint density at radius 3 is 1.80 bits per heavy atom. The van der Waals surface area contributed by atoms with E-state index in [2.05, 4.69) is 67.8 Å². The molecule has 3 N–H and O–H groups in total. The van der Waals surface area contributed by atoms with Gasteiger partial charge in [-0.05, 0) is 64.2 Å². The van der Waals surface area contributed by atoms with E-state index in [1.165, 1.54) is 44.9 Å². The summed E-state index contributed by atoms with van der Waals surface area (Å²) in [6, 6.07) is -0.875. The minimum absolute atomic E-state index is 0.0483. The highest BCUT2D eigenvalue weighted by molar-refractivity contribution is 7.47. The summed E-state index contributed by atoms with van der Waals surface area (Å²) >= 11 is 0. The molecule has 0 bridgehead atoms. The SMILES string of the molecule is CCCC/C=C/CC/C=C/CC/C=C/C(O)C(COP(=O)(O)OCC[N+](C)(C)C)NC(=O)CCCCCCCC/C=C\C=C/CCCCC. The third-order valence-corrected chi connectivity index (χ3v) is 8.95. The number of allylic oxidation sites excluding steroid dienone is 9. The second-order valence-electron chi connectivity index (χ2n) is 14.0. The van der Waals surface area contributed by atoms with E-state index < -0.39 is 20.0 Å². The van der Waals surface area contributed by atoms with Gasteiger partial charge in [-0.25, -0.2) is 4.57 Å². The average molecular weight is 710 g/mol. The number of rotatable bonds is 33. The fraction of sp³-hybridized carbons (Fsp3) is 0.725. The molecule has 0 aliphatic rings. The van der Waals surface area contributed by atoms with E-state index in [4.69, 9.17) is 9.05 Å². The predicted molar refractivity (Wildman–Crippen MR) is 207 cm³/mol. The Balaban J connectivity index is 4.63. The van der Waals surface area contributed by atoms with Gasteiger partial charge in [0.25, 0.3) is 0 Å². The van der Waals surface area contributed by atoms with Crippen molar-refractivity contribution in [3.05, 3.63) is 60.8 Å². The summed E-state index contributed by atoms with van der Waals surface area (Å²) in [7, 11) is 1.52. The zero-order valence-electron chi connectivity index (χ0n) is 31.9. The van der Waals surface area contributed by atoms with Crippen LogP contribution in [0.3, 0.4) is 0 Å². The number of quaternary nitrogens is 1. The molecule has 0 aromatic carbocycles. The quantitative estimate of drug-likeness (QED) is 0.0206. The molecule has 0 spiro atoms. The monoisotopic (exact) mass is 710 g/mol. The highest BCUT2D eigenvalue weighted by atomic mass is 31.2. The Hall–Kier alpha value is -1.80. The number of carbonyl (C=O) groups excluding carboxylic acids is 1. The van der Waals surface area contributed by atoms with Gasteiger partial charge in [-0.15, -0.1) is 0 Å². The summed E-state index contributed by atoms with van der Waals surface area (Å²) in [4.78, 5) is 23.0. The summed E-state index contributed by atoms with van der Waals surface area (Å²) in [5.74, 6) is -0.209. The van der Waals surface area contributed by atoms with Crippen LogP contribution in [-0.4, -0.2) is 73.4 Å². The van der Waals surface area contributed by atoms with Crippen LogP contribution in [0.25, 0.3) is 0 Å². The van der Waals surface area contributed by atoms with Gasteiger partial charge in [0.05, 0.1) is 39.9 Å². The molecule has 0 aromatic rings. The first-order valence-corrected chi connectivity index (χ1v) is 20.7. The van der Waals surface area contributed by atoms with Crippen molar-refractivity contribution in [2.75, 3.05) is 40.9 Å². The minimum Gasteiger partial charge on any atom is -0.387 e. The van der Waals surface area contributed by atoms with E-state index >= 15 is 0 Å². The average Bonchev–Trinajstić information content (AvgIpc) is 3.04. The number of phosphoric acid groups is 1. The zero-order chi connectivity index (χ0) is 36.5. The van der Waals surface area contributed by atoms with Crippen LogP contribution in [0.1, 0.15) is 136 Å². The molecule has 0 rings (SSSR count). The summed E-state index contributed by atoms with van der Waals surface area (Å²) in [5.41, 5.74) is 0. The van der Waals surface area contributed by atoms with Gasteiger partial charge in [-0.3, -0.25) is 13.8 Å². The molecule has 0 fully saturated rings. The molecule has 0 aliphatic heterocycles. The summed E-state index contributed by atoms with van der Waals surface area (Å²) in [6.07, 6.45) is 40.0. The second-order valence-corrected chi connectivity index (χ2v) is 15.4. The molecule has 49 heavy (non-hydrogen) atoms. The van der Waals surface area contributed by atoms with Gasteiger partial charge in [-0.2, -0.15) is 0 Å². The molecule has 0 heterocycles. The van der Waals surface area contributed by atoms with E-state index in [0.717, 1.165) is 70.6 Å². The van der Waals surface area contributed by atoms with Crippen molar-refractivity contribution in [1.82, 2.24) is 5.32 Å². The number of unbranched alkanes of at least 4 members (excludes halogenated alkanes) is 13. The van der Waals surface area contributed by atoms with Gasteiger partial charge in [0.1, 0.15) is 13.2 Å². The van der Waals surface area contributed by atoms with Crippen molar-refractivity contribution in [1.29, 1.82) is 0 Å². The molecule has 0 saturated carbocycles. The number of likely N-dealkylation sites (N-methyl/N-ethyl adjacent to an activating group) is 1. The number of hydrogen-bond acceptors (Lipinski definition) is 5. The number of carbonyl (C=O) groups is 1. The molecule has 0 aromatic heterocycles. The minimum atomic E-state index is -4.35. The van der Waals surface area contributed by atoms with Crippen molar-refractivity contribution in [2.24, 2.45) is 0 Å². The number of amides is 1. The van der Waals surface area contributed by atoms with Gasteiger partial charge in [0.15, 0.2) is 0 Å². The fourth-order valence-electron chi connectivity index (χ4n) is 4.81. The number of phosphoric ester groups is 1. The first-order chi connectivity index (χ1) is 23.5. The van der Waals surface area contributed by atoms with Crippen LogP contribution in [0.4, 0.5) is 0 Å². The first-order valence-electron chi connectivity index (χ1n) is 19.2. The van der Waals surface area contributed by atoms with Gasteiger partial charge >= 0.3 is 7.82 Å². The number of aliphatic hydroxyl groups is 1. The number of nitrogens with one attached hydrogen (secondary N) is 1. The highest BCUT2D eigenvalue weighted by Gasteiger charge is 2.27. The molecule has 3 unspecified atom stereocenters. The molecule has 3 atom stereocenters. The molecular weight excluding hydrogens is 635 g/mol. The van der Waals surface area contributed by atoms with Crippen molar-refractivity contribution >= 4 is 13.7 Å². The maximum absolute atomic E-state index is 12.8. The maximum atomic E-state index is 12.8. The lowest BCUT2D eigenvalue weighted by atomic mass is 10.1. The van der Waals surface area contributed by atoms with Crippen LogP contribution in [0.15, 0.2) is 60.8 Å². The second kappa shape index (κ2) is 32.1. The molecule has 0 saturated heterocycles. The predicted octanol–water partition coefficient (Wildman–Crippen LogP) is 9.90. The van der Waals surface area contributed by atoms with Crippen LogP contribution < -0.4 is 5.32 Å². The van der Waals surface area contributed by atoms with Crippen LogP contribution >= 0.6 is 7.82 Å². The summed E-state index contributed by atoms with van der Waals surface area (Å²) < 4.78 is 23.4. The highest BCUT2D eigenvalue weighted by Crippen LogP contribution is 2.43. The van der Waals surface area contributed by atoms with E-state index in [9.17, 15) is 19.4 Å². The number of hydrogen-bond donors (Lipinski definition) is 3. The van der Waals surface area contributed by atoms with E-state index in [1.807, 2.05) is 27.2 Å².